The van der Waals surface area contributed by atoms with Crippen molar-refractivity contribution in [2.45, 2.75) is 13.8 Å². The molecule has 2 aromatic carbocycles. The lowest BCUT2D eigenvalue weighted by Crippen LogP contribution is -2.04. The van der Waals surface area contributed by atoms with Crippen molar-refractivity contribution in [1.82, 2.24) is 9.97 Å². The molecule has 0 radical (unpaired) electrons. The van der Waals surface area contributed by atoms with Crippen molar-refractivity contribution in [3.05, 3.63) is 53.7 Å². The van der Waals surface area contributed by atoms with E-state index < -0.39 is 0 Å². The van der Waals surface area contributed by atoms with Gasteiger partial charge in [-0.05, 0) is 43.7 Å². The van der Waals surface area contributed by atoms with Crippen LogP contribution in [-0.4, -0.2) is 31.3 Å². The van der Waals surface area contributed by atoms with E-state index in [-0.39, 0.29) is 0 Å². The van der Waals surface area contributed by atoms with Gasteiger partial charge < -0.3 is 24.8 Å². The third kappa shape index (κ3) is 4.43. The number of ether oxygens (including phenoxy) is 3. The van der Waals surface area contributed by atoms with E-state index in [4.69, 9.17) is 14.2 Å². The molecule has 0 saturated carbocycles. The molecular weight excluding hydrogens is 356 g/mol. The van der Waals surface area contributed by atoms with E-state index >= 15 is 0 Å². The summed E-state index contributed by atoms with van der Waals surface area (Å²) in [4.78, 5) is 9.04. The molecule has 1 aromatic heterocycles. The first-order valence-corrected chi connectivity index (χ1v) is 8.78. The Morgan fingerprint density at radius 2 is 1.50 bits per heavy atom. The molecule has 0 unspecified atom stereocenters. The number of hydrogen-bond acceptors (Lipinski definition) is 7. The Hall–Kier alpha value is -3.48. The summed E-state index contributed by atoms with van der Waals surface area (Å²) in [5.74, 6) is 3.21. The number of rotatable bonds is 7. The fourth-order valence-electron chi connectivity index (χ4n) is 2.77. The fraction of sp³-hybridized carbons (Fsp3) is 0.238. The summed E-state index contributed by atoms with van der Waals surface area (Å²) in [6.45, 7) is 3.94. The van der Waals surface area contributed by atoms with Crippen LogP contribution in [-0.2, 0) is 0 Å². The van der Waals surface area contributed by atoms with Crippen molar-refractivity contribution in [2.75, 3.05) is 32.0 Å². The summed E-state index contributed by atoms with van der Waals surface area (Å²) in [5.41, 5.74) is 3.52. The van der Waals surface area contributed by atoms with Crippen LogP contribution in [0.2, 0.25) is 0 Å². The molecule has 1 heterocycles. The summed E-state index contributed by atoms with van der Waals surface area (Å²) >= 11 is 0. The third-order valence-electron chi connectivity index (χ3n) is 4.13. The van der Waals surface area contributed by atoms with Gasteiger partial charge in [0.2, 0.25) is 5.95 Å². The molecule has 0 bridgehead atoms. The summed E-state index contributed by atoms with van der Waals surface area (Å²) in [6, 6.07) is 13.3. The Morgan fingerprint density at radius 3 is 2.21 bits per heavy atom. The minimum absolute atomic E-state index is 0.456. The van der Waals surface area contributed by atoms with Gasteiger partial charge in [0.05, 0.1) is 32.7 Å². The van der Waals surface area contributed by atoms with Crippen LogP contribution in [0.1, 0.15) is 11.3 Å². The summed E-state index contributed by atoms with van der Waals surface area (Å²) < 4.78 is 16.1. The Balaban J connectivity index is 1.89. The molecule has 3 rings (SSSR count). The second-order valence-electron chi connectivity index (χ2n) is 6.24. The van der Waals surface area contributed by atoms with Crippen molar-refractivity contribution < 1.29 is 14.2 Å². The van der Waals surface area contributed by atoms with Crippen LogP contribution >= 0.6 is 0 Å². The summed E-state index contributed by atoms with van der Waals surface area (Å²) in [6.07, 6.45) is 0. The minimum atomic E-state index is 0.456. The van der Waals surface area contributed by atoms with E-state index in [1.807, 2.05) is 50.2 Å². The number of methoxy groups -OCH3 is 3. The highest BCUT2D eigenvalue weighted by molar-refractivity contribution is 5.68. The van der Waals surface area contributed by atoms with E-state index in [9.17, 15) is 0 Å². The minimum Gasteiger partial charge on any atom is -0.497 e. The quantitative estimate of drug-likeness (QED) is 0.620. The van der Waals surface area contributed by atoms with Gasteiger partial charge in [-0.3, -0.25) is 0 Å². The van der Waals surface area contributed by atoms with Gasteiger partial charge in [0, 0.05) is 17.8 Å². The Morgan fingerprint density at radius 1 is 0.714 bits per heavy atom. The van der Waals surface area contributed by atoms with Gasteiger partial charge in [0.25, 0.3) is 0 Å². The average Bonchev–Trinajstić information content (AvgIpc) is 2.68. The van der Waals surface area contributed by atoms with Crippen molar-refractivity contribution in [3.63, 3.8) is 0 Å². The lowest BCUT2D eigenvalue weighted by Gasteiger charge is -2.14. The van der Waals surface area contributed by atoms with Gasteiger partial charge in [-0.15, -0.1) is 0 Å². The Bertz CT molecular complexity index is 976. The smallest absolute Gasteiger partial charge is 0.229 e. The van der Waals surface area contributed by atoms with Crippen LogP contribution in [0, 0.1) is 13.8 Å². The van der Waals surface area contributed by atoms with Gasteiger partial charge in [0.1, 0.15) is 23.1 Å². The predicted octanol–water partition coefficient (Wildman–Crippen LogP) is 4.61. The largest absolute Gasteiger partial charge is 0.497 e. The predicted molar refractivity (Wildman–Crippen MR) is 111 cm³/mol. The zero-order valence-corrected chi connectivity index (χ0v) is 16.7. The molecule has 7 heteroatoms. The number of aryl methyl sites for hydroxylation is 2. The lowest BCUT2D eigenvalue weighted by molar-refractivity contribution is 0.395. The van der Waals surface area contributed by atoms with E-state index in [1.54, 1.807) is 27.4 Å². The molecule has 28 heavy (non-hydrogen) atoms. The first kappa shape index (κ1) is 19.3. The first-order chi connectivity index (χ1) is 13.5. The molecule has 0 atom stereocenters. The van der Waals surface area contributed by atoms with E-state index in [0.29, 0.717) is 23.3 Å². The Labute approximate surface area is 164 Å². The second kappa shape index (κ2) is 8.47. The van der Waals surface area contributed by atoms with E-state index in [0.717, 1.165) is 28.4 Å². The maximum absolute atomic E-state index is 5.43. The van der Waals surface area contributed by atoms with Crippen molar-refractivity contribution in [1.29, 1.82) is 0 Å². The maximum atomic E-state index is 5.43. The standard InChI is InChI=1S/C21H24N4O3/c1-13-6-9-18(27-4)17(10-13)23-20-11-14(2)22-21(25-20)24-16-8-7-15(26-3)12-19(16)28-5/h6-12H,1-5H3,(H2,22,23,24,25). The maximum Gasteiger partial charge on any atom is 0.229 e. The van der Waals surface area contributed by atoms with Crippen LogP contribution < -0.4 is 24.8 Å². The van der Waals surface area contributed by atoms with Gasteiger partial charge in [0.15, 0.2) is 0 Å². The molecule has 2 N–H and O–H groups in total. The average molecular weight is 380 g/mol. The second-order valence-corrected chi connectivity index (χ2v) is 6.24. The fourth-order valence-corrected chi connectivity index (χ4v) is 2.77. The zero-order chi connectivity index (χ0) is 20.1. The number of aromatic nitrogens is 2. The van der Waals surface area contributed by atoms with Crippen LogP contribution in [0.4, 0.5) is 23.1 Å². The molecule has 0 fully saturated rings. The SMILES string of the molecule is COc1ccc(Nc2nc(C)cc(Nc3cc(C)ccc3OC)n2)c(OC)c1. The molecule has 7 nitrogen and oxygen atoms in total. The molecule has 0 aliphatic rings. The Kier molecular flexibility index (Phi) is 5.84. The van der Waals surface area contributed by atoms with Crippen LogP contribution in [0.3, 0.4) is 0 Å². The number of hydrogen-bond donors (Lipinski definition) is 2. The number of nitrogens with zero attached hydrogens (tertiary/aromatic N) is 2. The van der Waals surface area contributed by atoms with Gasteiger partial charge >= 0.3 is 0 Å². The normalized spacial score (nSPS) is 10.3. The molecule has 146 valence electrons. The van der Waals surface area contributed by atoms with E-state index in [1.165, 1.54) is 0 Å². The van der Waals surface area contributed by atoms with Crippen molar-refractivity contribution in [3.8, 4) is 17.2 Å². The zero-order valence-electron chi connectivity index (χ0n) is 16.7. The van der Waals surface area contributed by atoms with Gasteiger partial charge in [-0.2, -0.15) is 4.98 Å². The molecule has 0 amide bonds. The molecular formula is C21H24N4O3. The highest BCUT2D eigenvalue weighted by Gasteiger charge is 2.10. The number of benzene rings is 2. The van der Waals surface area contributed by atoms with Gasteiger partial charge in [-0.1, -0.05) is 6.07 Å². The van der Waals surface area contributed by atoms with Crippen molar-refractivity contribution >= 4 is 23.1 Å². The van der Waals surface area contributed by atoms with E-state index in [2.05, 4.69) is 20.6 Å². The van der Waals surface area contributed by atoms with Crippen LogP contribution in [0.5, 0.6) is 17.2 Å². The number of nitrogens with one attached hydrogen (secondary N) is 2. The molecule has 0 aliphatic heterocycles. The molecule has 3 aromatic rings. The molecule has 0 saturated heterocycles. The van der Waals surface area contributed by atoms with Crippen LogP contribution in [0.25, 0.3) is 0 Å². The summed E-state index contributed by atoms with van der Waals surface area (Å²) in [7, 11) is 4.86. The summed E-state index contributed by atoms with van der Waals surface area (Å²) in [5, 5.41) is 6.52. The third-order valence-corrected chi connectivity index (χ3v) is 4.13. The highest BCUT2D eigenvalue weighted by Crippen LogP contribution is 2.32. The monoisotopic (exact) mass is 380 g/mol. The topological polar surface area (TPSA) is 77.5 Å². The van der Waals surface area contributed by atoms with Crippen molar-refractivity contribution in [2.24, 2.45) is 0 Å². The number of anilines is 4. The van der Waals surface area contributed by atoms with Gasteiger partial charge in [-0.25, -0.2) is 4.98 Å². The highest BCUT2D eigenvalue weighted by atomic mass is 16.5. The lowest BCUT2D eigenvalue weighted by atomic mass is 10.2. The molecule has 0 spiro atoms. The van der Waals surface area contributed by atoms with Crippen LogP contribution in [0.15, 0.2) is 42.5 Å². The molecule has 0 aliphatic carbocycles. The first-order valence-electron chi connectivity index (χ1n) is 8.78.